The molecule has 0 saturated heterocycles. The molecular weight excluding hydrogens is 336 g/mol. The quantitative estimate of drug-likeness (QED) is 0.760. The second kappa shape index (κ2) is 7.07. The molecule has 1 heterocycles. The first-order valence-electron chi connectivity index (χ1n) is 8.25. The number of aryl methyl sites for hydroxylation is 1. The minimum absolute atomic E-state index is 0.259. The van der Waals surface area contributed by atoms with Gasteiger partial charge in [0.2, 0.25) is 0 Å². The van der Waals surface area contributed by atoms with Crippen molar-refractivity contribution >= 4 is 5.91 Å². The molecule has 1 aromatic heterocycles. The second-order valence-electron chi connectivity index (χ2n) is 6.18. The summed E-state index contributed by atoms with van der Waals surface area (Å²) in [7, 11) is 0. The number of hydrogen-bond acceptors (Lipinski definition) is 2. The van der Waals surface area contributed by atoms with E-state index in [1.54, 1.807) is 42.8 Å². The number of carbonyl (C=O) groups is 1. The summed E-state index contributed by atoms with van der Waals surface area (Å²) in [5.41, 5.74) is 3.20. The molecule has 3 rings (SSSR count). The summed E-state index contributed by atoms with van der Waals surface area (Å²) in [5.74, 6) is -0.911. The van der Waals surface area contributed by atoms with Crippen LogP contribution in [0.1, 0.15) is 40.3 Å². The molecule has 2 aromatic carbocycles. The number of carbonyl (C=O) groups excluding carboxylic acids is 1. The fraction of sp³-hybridized carbons (Fsp3) is 0.200. The van der Waals surface area contributed by atoms with Crippen molar-refractivity contribution in [1.82, 2.24) is 15.1 Å². The highest BCUT2D eigenvalue weighted by Gasteiger charge is 2.21. The Bertz CT molecular complexity index is 931. The molecule has 134 valence electrons. The molecule has 6 heteroatoms. The number of halogens is 2. The molecule has 0 radical (unpaired) electrons. The van der Waals surface area contributed by atoms with Gasteiger partial charge in [0.05, 0.1) is 28.7 Å². The van der Waals surface area contributed by atoms with Crippen molar-refractivity contribution in [3.05, 3.63) is 82.7 Å². The van der Waals surface area contributed by atoms with E-state index in [1.807, 2.05) is 6.92 Å². The molecule has 1 amide bonds. The molecule has 0 bridgehead atoms. The first-order valence-corrected chi connectivity index (χ1v) is 8.25. The summed E-state index contributed by atoms with van der Waals surface area (Å²) in [4.78, 5) is 12.7. The van der Waals surface area contributed by atoms with Crippen molar-refractivity contribution in [1.29, 1.82) is 0 Å². The number of hydrogen-bond donors (Lipinski definition) is 1. The lowest BCUT2D eigenvalue weighted by atomic mass is 10.1. The lowest BCUT2D eigenvalue weighted by Gasteiger charge is -2.14. The summed E-state index contributed by atoms with van der Waals surface area (Å²) in [5, 5.41) is 7.32. The molecule has 1 N–H and O–H groups in total. The molecule has 4 nitrogen and oxygen atoms in total. The van der Waals surface area contributed by atoms with Crippen molar-refractivity contribution in [3.8, 4) is 5.69 Å². The van der Waals surface area contributed by atoms with Crippen LogP contribution in [0.15, 0.2) is 48.5 Å². The summed E-state index contributed by atoms with van der Waals surface area (Å²) in [6, 6.07) is 11.6. The fourth-order valence-electron chi connectivity index (χ4n) is 2.91. The van der Waals surface area contributed by atoms with Crippen molar-refractivity contribution in [2.24, 2.45) is 0 Å². The Morgan fingerprint density at radius 2 is 1.54 bits per heavy atom. The standard InChI is InChI=1S/C20H19F2N3O/c1-12(15-4-6-16(21)7-5-15)23-20(26)19-13(2)24-25(14(19)3)18-10-8-17(22)9-11-18/h4-12H,1-3H3,(H,23,26). The fourth-order valence-corrected chi connectivity index (χ4v) is 2.91. The van der Waals surface area contributed by atoms with E-state index in [0.717, 1.165) is 5.56 Å². The molecule has 0 fully saturated rings. The van der Waals surface area contributed by atoms with E-state index < -0.39 is 0 Å². The Morgan fingerprint density at radius 3 is 2.12 bits per heavy atom. The van der Waals surface area contributed by atoms with Crippen molar-refractivity contribution in [2.75, 3.05) is 0 Å². The summed E-state index contributed by atoms with van der Waals surface area (Å²) in [6.07, 6.45) is 0. The van der Waals surface area contributed by atoms with Gasteiger partial charge in [0.25, 0.3) is 5.91 Å². The molecule has 0 spiro atoms. The zero-order chi connectivity index (χ0) is 18.8. The molecule has 1 atom stereocenters. The van der Waals surface area contributed by atoms with Gasteiger partial charge in [-0.15, -0.1) is 0 Å². The van der Waals surface area contributed by atoms with Crippen LogP contribution in [-0.4, -0.2) is 15.7 Å². The van der Waals surface area contributed by atoms with Gasteiger partial charge in [0, 0.05) is 0 Å². The van der Waals surface area contributed by atoms with Crippen molar-refractivity contribution in [2.45, 2.75) is 26.8 Å². The Hall–Kier alpha value is -3.02. The minimum atomic E-state index is -0.332. The van der Waals surface area contributed by atoms with Crippen molar-refractivity contribution < 1.29 is 13.6 Å². The third-order valence-corrected chi connectivity index (χ3v) is 4.31. The predicted molar refractivity (Wildman–Crippen MR) is 95.3 cm³/mol. The molecule has 0 aliphatic carbocycles. The van der Waals surface area contributed by atoms with Gasteiger partial charge in [0.1, 0.15) is 11.6 Å². The normalized spacial score (nSPS) is 12.0. The molecule has 0 saturated carbocycles. The average Bonchev–Trinajstić information content (AvgIpc) is 2.90. The number of benzene rings is 2. The summed E-state index contributed by atoms with van der Waals surface area (Å²) < 4.78 is 27.8. The Kier molecular flexibility index (Phi) is 4.84. The van der Waals surface area contributed by atoms with Gasteiger partial charge in [0.15, 0.2) is 0 Å². The molecular formula is C20H19F2N3O. The van der Waals surface area contributed by atoms with Crippen LogP contribution in [0.25, 0.3) is 5.69 Å². The zero-order valence-electron chi connectivity index (χ0n) is 14.8. The van der Waals surface area contributed by atoms with Crippen LogP contribution in [-0.2, 0) is 0 Å². The highest BCUT2D eigenvalue weighted by Crippen LogP contribution is 2.20. The van der Waals surface area contributed by atoms with Crippen LogP contribution in [0.2, 0.25) is 0 Å². The van der Waals surface area contributed by atoms with Crippen LogP contribution in [0.3, 0.4) is 0 Å². The number of nitrogens with one attached hydrogen (secondary N) is 1. The molecule has 3 aromatic rings. The predicted octanol–water partition coefficient (Wildman–Crippen LogP) is 4.26. The molecule has 1 unspecified atom stereocenters. The van der Waals surface area contributed by atoms with Gasteiger partial charge in [-0.25, -0.2) is 13.5 Å². The van der Waals surface area contributed by atoms with Gasteiger partial charge in [-0.2, -0.15) is 5.10 Å². The van der Waals surface area contributed by atoms with E-state index in [4.69, 9.17) is 0 Å². The highest BCUT2D eigenvalue weighted by molar-refractivity contribution is 5.96. The van der Waals surface area contributed by atoms with E-state index in [0.29, 0.717) is 22.6 Å². The highest BCUT2D eigenvalue weighted by atomic mass is 19.1. The minimum Gasteiger partial charge on any atom is -0.345 e. The zero-order valence-corrected chi connectivity index (χ0v) is 14.8. The first-order chi connectivity index (χ1) is 12.4. The van der Waals surface area contributed by atoms with Crippen LogP contribution >= 0.6 is 0 Å². The SMILES string of the molecule is Cc1nn(-c2ccc(F)cc2)c(C)c1C(=O)NC(C)c1ccc(F)cc1. The van der Waals surface area contributed by atoms with Crippen LogP contribution in [0.5, 0.6) is 0 Å². The lowest BCUT2D eigenvalue weighted by molar-refractivity contribution is 0.0938. The number of nitrogens with zero attached hydrogens (tertiary/aromatic N) is 2. The largest absolute Gasteiger partial charge is 0.345 e. The summed E-state index contributed by atoms with van der Waals surface area (Å²) in [6.45, 7) is 5.38. The summed E-state index contributed by atoms with van der Waals surface area (Å²) >= 11 is 0. The second-order valence-corrected chi connectivity index (χ2v) is 6.18. The molecule has 0 aliphatic rings. The van der Waals surface area contributed by atoms with Crippen LogP contribution in [0.4, 0.5) is 8.78 Å². The topological polar surface area (TPSA) is 46.9 Å². The van der Waals surface area contributed by atoms with E-state index in [2.05, 4.69) is 10.4 Å². The van der Waals surface area contributed by atoms with E-state index in [1.165, 1.54) is 24.3 Å². The number of aromatic nitrogens is 2. The van der Waals surface area contributed by atoms with E-state index in [-0.39, 0.29) is 23.6 Å². The maximum absolute atomic E-state index is 13.1. The first kappa shape index (κ1) is 17.8. The monoisotopic (exact) mass is 355 g/mol. The van der Waals surface area contributed by atoms with Gasteiger partial charge >= 0.3 is 0 Å². The average molecular weight is 355 g/mol. The molecule has 26 heavy (non-hydrogen) atoms. The maximum atomic E-state index is 13.1. The smallest absolute Gasteiger partial charge is 0.255 e. The van der Waals surface area contributed by atoms with Gasteiger partial charge < -0.3 is 5.32 Å². The Morgan fingerprint density at radius 1 is 1.00 bits per heavy atom. The van der Waals surface area contributed by atoms with Gasteiger partial charge in [-0.05, 0) is 62.7 Å². The Balaban J connectivity index is 1.85. The van der Waals surface area contributed by atoms with Crippen LogP contribution < -0.4 is 5.32 Å². The van der Waals surface area contributed by atoms with E-state index >= 15 is 0 Å². The third kappa shape index (κ3) is 3.49. The maximum Gasteiger partial charge on any atom is 0.255 e. The Labute approximate surface area is 150 Å². The van der Waals surface area contributed by atoms with Crippen LogP contribution in [0, 0.1) is 25.5 Å². The van der Waals surface area contributed by atoms with E-state index in [9.17, 15) is 13.6 Å². The number of rotatable bonds is 4. The lowest BCUT2D eigenvalue weighted by Crippen LogP contribution is -2.27. The van der Waals surface area contributed by atoms with Gasteiger partial charge in [-0.1, -0.05) is 12.1 Å². The van der Waals surface area contributed by atoms with Gasteiger partial charge in [-0.3, -0.25) is 4.79 Å². The number of amides is 1. The van der Waals surface area contributed by atoms with Crippen molar-refractivity contribution in [3.63, 3.8) is 0 Å². The molecule has 0 aliphatic heterocycles. The third-order valence-electron chi connectivity index (χ3n) is 4.31.